The fraction of sp³-hybridized carbons (Fsp3) is 0.240. The molecular formula is C25H25ClN2O3S. The van der Waals surface area contributed by atoms with Crippen LogP contribution in [0, 0.1) is 6.92 Å². The second kappa shape index (κ2) is 8.96. The number of rotatable bonds is 6. The van der Waals surface area contributed by atoms with E-state index in [2.05, 4.69) is 28.2 Å². The van der Waals surface area contributed by atoms with Crippen molar-refractivity contribution in [3.8, 4) is 0 Å². The topological polar surface area (TPSA) is 75.3 Å². The molecule has 3 aromatic carbocycles. The van der Waals surface area contributed by atoms with Crippen LogP contribution in [0.4, 0.5) is 5.69 Å². The molecule has 0 heterocycles. The van der Waals surface area contributed by atoms with E-state index in [-0.39, 0.29) is 27.4 Å². The molecular weight excluding hydrogens is 444 g/mol. The first-order valence-electron chi connectivity index (χ1n) is 10.5. The zero-order chi connectivity index (χ0) is 22.9. The molecule has 166 valence electrons. The summed E-state index contributed by atoms with van der Waals surface area (Å²) in [4.78, 5) is 13.0. The minimum absolute atomic E-state index is 0.157. The standard InChI is InChI=1S/C25H25ClN2O3S/c1-16-6-11-22(12-7-16)32(30,31)28-21-10-13-23(24(26)15-21)25(29)27-17(2)19-9-8-18-4-3-5-20(18)14-19/h6-15,17,28H,3-5H2,1-2H3,(H,27,29). The van der Waals surface area contributed by atoms with E-state index in [0.29, 0.717) is 5.69 Å². The number of fused-ring (bicyclic) bond motifs is 1. The highest BCUT2D eigenvalue weighted by Crippen LogP contribution is 2.27. The summed E-state index contributed by atoms with van der Waals surface area (Å²) in [5.74, 6) is -0.309. The maximum Gasteiger partial charge on any atom is 0.261 e. The van der Waals surface area contributed by atoms with Crippen molar-refractivity contribution in [3.05, 3.63) is 93.5 Å². The largest absolute Gasteiger partial charge is 0.345 e. The first-order chi connectivity index (χ1) is 15.2. The van der Waals surface area contributed by atoms with Gasteiger partial charge in [-0.2, -0.15) is 0 Å². The predicted octanol–water partition coefficient (Wildman–Crippen LogP) is 5.43. The summed E-state index contributed by atoms with van der Waals surface area (Å²) in [6, 6.07) is 17.2. The zero-order valence-corrected chi connectivity index (χ0v) is 19.6. The molecule has 3 aromatic rings. The lowest BCUT2D eigenvalue weighted by Crippen LogP contribution is -2.27. The number of sulfonamides is 1. The highest BCUT2D eigenvalue weighted by atomic mass is 35.5. The van der Waals surface area contributed by atoms with Crippen LogP contribution >= 0.6 is 11.6 Å². The highest BCUT2D eigenvalue weighted by Gasteiger charge is 2.19. The Morgan fingerprint density at radius 3 is 2.41 bits per heavy atom. The van der Waals surface area contributed by atoms with Gasteiger partial charge >= 0.3 is 0 Å². The molecule has 0 aliphatic heterocycles. The summed E-state index contributed by atoms with van der Waals surface area (Å²) >= 11 is 6.33. The van der Waals surface area contributed by atoms with E-state index in [1.165, 1.54) is 35.7 Å². The molecule has 5 nitrogen and oxygen atoms in total. The second-order valence-electron chi connectivity index (χ2n) is 8.19. The van der Waals surface area contributed by atoms with Gasteiger partial charge in [0.2, 0.25) is 0 Å². The number of nitrogens with one attached hydrogen (secondary N) is 2. The number of amides is 1. The molecule has 0 fully saturated rings. The van der Waals surface area contributed by atoms with Crippen molar-refractivity contribution in [3.63, 3.8) is 0 Å². The number of carbonyl (C=O) groups excluding carboxylic acids is 1. The van der Waals surface area contributed by atoms with Gasteiger partial charge in [0, 0.05) is 0 Å². The Hall–Kier alpha value is -2.83. The lowest BCUT2D eigenvalue weighted by molar-refractivity contribution is 0.0940. The average molecular weight is 469 g/mol. The van der Waals surface area contributed by atoms with E-state index in [4.69, 9.17) is 11.6 Å². The number of benzene rings is 3. The third-order valence-electron chi connectivity index (χ3n) is 5.77. The molecule has 0 saturated carbocycles. The van der Waals surface area contributed by atoms with E-state index in [1.54, 1.807) is 24.3 Å². The quantitative estimate of drug-likeness (QED) is 0.506. The Balaban J connectivity index is 1.46. The number of anilines is 1. The lowest BCUT2D eigenvalue weighted by atomic mass is 10.0. The highest BCUT2D eigenvalue weighted by molar-refractivity contribution is 7.92. The molecule has 1 aliphatic rings. The Bertz CT molecular complexity index is 1270. The Kier molecular flexibility index (Phi) is 6.26. The summed E-state index contributed by atoms with van der Waals surface area (Å²) in [6.07, 6.45) is 3.37. The van der Waals surface area contributed by atoms with E-state index < -0.39 is 10.0 Å². The van der Waals surface area contributed by atoms with Crippen LogP contribution < -0.4 is 10.0 Å². The maximum absolute atomic E-state index is 12.8. The number of aryl methyl sites for hydroxylation is 3. The van der Waals surface area contributed by atoms with Crippen molar-refractivity contribution in [2.75, 3.05) is 4.72 Å². The Labute approximate surface area is 193 Å². The van der Waals surface area contributed by atoms with Crippen LogP contribution in [-0.4, -0.2) is 14.3 Å². The van der Waals surface area contributed by atoms with E-state index in [9.17, 15) is 13.2 Å². The normalized spacial score (nSPS) is 14.0. The third kappa shape index (κ3) is 4.81. The first kappa shape index (κ1) is 22.4. The van der Waals surface area contributed by atoms with Crippen molar-refractivity contribution in [1.29, 1.82) is 0 Å². The molecule has 0 radical (unpaired) electrons. The van der Waals surface area contributed by atoms with E-state index >= 15 is 0 Å². The van der Waals surface area contributed by atoms with Gasteiger partial charge in [-0.15, -0.1) is 0 Å². The molecule has 1 atom stereocenters. The number of hydrogen-bond donors (Lipinski definition) is 2. The fourth-order valence-electron chi connectivity index (χ4n) is 3.91. The van der Waals surface area contributed by atoms with Crippen molar-refractivity contribution < 1.29 is 13.2 Å². The SMILES string of the molecule is Cc1ccc(S(=O)(=O)Nc2ccc(C(=O)NC(C)c3ccc4c(c3)CCC4)c(Cl)c2)cc1. The predicted molar refractivity (Wildman–Crippen MR) is 128 cm³/mol. The number of hydrogen-bond acceptors (Lipinski definition) is 3. The van der Waals surface area contributed by atoms with Crippen LogP contribution in [0.1, 0.15) is 52.0 Å². The van der Waals surface area contributed by atoms with Crippen molar-refractivity contribution in [2.24, 2.45) is 0 Å². The molecule has 0 bridgehead atoms. The molecule has 0 saturated heterocycles. The van der Waals surface area contributed by atoms with Gasteiger partial charge in [0.1, 0.15) is 0 Å². The van der Waals surface area contributed by atoms with Gasteiger partial charge in [-0.3, -0.25) is 9.52 Å². The van der Waals surface area contributed by atoms with Crippen molar-refractivity contribution in [2.45, 2.75) is 44.0 Å². The summed E-state index contributed by atoms with van der Waals surface area (Å²) in [7, 11) is -3.75. The molecule has 0 aromatic heterocycles. The van der Waals surface area contributed by atoms with E-state index in [1.807, 2.05) is 13.8 Å². The van der Waals surface area contributed by atoms with Crippen LogP contribution in [0.2, 0.25) is 5.02 Å². The summed E-state index contributed by atoms with van der Waals surface area (Å²) < 4.78 is 27.7. The van der Waals surface area contributed by atoms with Gasteiger partial charge in [0.05, 0.1) is 27.2 Å². The lowest BCUT2D eigenvalue weighted by Gasteiger charge is -2.17. The minimum atomic E-state index is -3.75. The van der Waals surface area contributed by atoms with Crippen LogP contribution in [0.25, 0.3) is 0 Å². The fourth-order valence-corrected chi connectivity index (χ4v) is 5.23. The van der Waals surface area contributed by atoms with Gasteiger partial charge in [0.25, 0.3) is 15.9 Å². The molecule has 1 unspecified atom stereocenters. The van der Waals surface area contributed by atoms with Gasteiger partial charge in [-0.05, 0) is 80.1 Å². The average Bonchev–Trinajstić information content (AvgIpc) is 3.21. The van der Waals surface area contributed by atoms with Crippen LogP contribution in [-0.2, 0) is 22.9 Å². The molecule has 1 aliphatic carbocycles. The number of halogens is 1. The first-order valence-corrected chi connectivity index (χ1v) is 12.4. The smallest absolute Gasteiger partial charge is 0.261 e. The van der Waals surface area contributed by atoms with Crippen LogP contribution in [0.15, 0.2) is 65.6 Å². The Morgan fingerprint density at radius 1 is 0.969 bits per heavy atom. The third-order valence-corrected chi connectivity index (χ3v) is 7.48. The summed E-state index contributed by atoms with van der Waals surface area (Å²) in [5, 5.41) is 3.16. The molecule has 2 N–H and O–H groups in total. The van der Waals surface area contributed by atoms with Gasteiger partial charge in [-0.25, -0.2) is 8.42 Å². The molecule has 7 heteroatoms. The molecule has 0 spiro atoms. The molecule has 32 heavy (non-hydrogen) atoms. The maximum atomic E-state index is 12.8. The minimum Gasteiger partial charge on any atom is -0.345 e. The number of carbonyl (C=O) groups is 1. The molecule has 4 rings (SSSR count). The zero-order valence-electron chi connectivity index (χ0n) is 18.0. The van der Waals surface area contributed by atoms with E-state index in [0.717, 1.165) is 24.0 Å². The van der Waals surface area contributed by atoms with Crippen LogP contribution in [0.5, 0.6) is 0 Å². The summed E-state index contributed by atoms with van der Waals surface area (Å²) in [5.41, 5.74) is 5.34. The van der Waals surface area contributed by atoms with Gasteiger partial charge in [0.15, 0.2) is 0 Å². The second-order valence-corrected chi connectivity index (χ2v) is 10.3. The molecule has 1 amide bonds. The van der Waals surface area contributed by atoms with Gasteiger partial charge in [-0.1, -0.05) is 47.5 Å². The van der Waals surface area contributed by atoms with Crippen molar-refractivity contribution >= 4 is 33.2 Å². The van der Waals surface area contributed by atoms with Crippen molar-refractivity contribution in [1.82, 2.24) is 5.32 Å². The monoisotopic (exact) mass is 468 g/mol. The Morgan fingerprint density at radius 2 is 1.69 bits per heavy atom. The van der Waals surface area contributed by atoms with Crippen LogP contribution in [0.3, 0.4) is 0 Å². The summed E-state index contributed by atoms with van der Waals surface area (Å²) in [6.45, 7) is 3.82. The van der Waals surface area contributed by atoms with Gasteiger partial charge < -0.3 is 5.32 Å².